The molecule has 1 aromatic carbocycles. The molecule has 0 spiro atoms. The van der Waals surface area contributed by atoms with Gasteiger partial charge in [0.2, 0.25) is 0 Å². The molecule has 1 aliphatic carbocycles. The number of ether oxygens (including phenoxy) is 1. The van der Waals surface area contributed by atoms with Gasteiger partial charge in [-0.05, 0) is 62.6 Å². The molecule has 0 radical (unpaired) electrons. The maximum absolute atomic E-state index is 14.0. The van der Waals surface area contributed by atoms with E-state index in [4.69, 9.17) is 4.74 Å². The van der Waals surface area contributed by atoms with Gasteiger partial charge in [0.05, 0.1) is 18.1 Å². The van der Waals surface area contributed by atoms with Gasteiger partial charge in [-0.15, -0.1) is 0 Å². The molecule has 3 amide bonds. The van der Waals surface area contributed by atoms with Gasteiger partial charge in [-0.1, -0.05) is 25.1 Å². The van der Waals surface area contributed by atoms with Gasteiger partial charge >= 0.3 is 6.03 Å². The summed E-state index contributed by atoms with van der Waals surface area (Å²) in [5.74, 6) is -0.503. The van der Waals surface area contributed by atoms with Crippen LogP contribution in [-0.4, -0.2) is 55.5 Å². The Kier molecular flexibility index (Phi) is 7.27. The number of urea groups is 1. The fraction of sp³-hybridized carbons (Fsp3) is 0.565. The van der Waals surface area contributed by atoms with E-state index >= 15 is 0 Å². The Morgan fingerprint density at radius 2 is 2.00 bits per heavy atom. The lowest BCUT2D eigenvalue weighted by atomic mass is 10.0. The Labute approximate surface area is 188 Å². The number of hydrogen-bond donors (Lipinski definition) is 1. The summed E-state index contributed by atoms with van der Waals surface area (Å²) in [5.41, 5.74) is -0.206. The molecule has 0 aromatic heterocycles. The van der Waals surface area contributed by atoms with E-state index in [0.29, 0.717) is 18.9 Å². The second-order valence-electron chi connectivity index (χ2n) is 9.15. The molecule has 1 aliphatic heterocycles. The molecule has 2 fully saturated rings. The Bertz CT molecular complexity index is 1000. The molecule has 1 saturated heterocycles. The largest absolute Gasteiger partial charge is 0.490 e. The number of hydrogen-bond acceptors (Lipinski definition) is 5. The highest BCUT2D eigenvalue weighted by Gasteiger charge is 2.44. The van der Waals surface area contributed by atoms with Crippen LogP contribution in [0.25, 0.3) is 0 Å². The first-order valence-corrected chi connectivity index (χ1v) is 12.7. The van der Waals surface area contributed by atoms with Gasteiger partial charge in [-0.3, -0.25) is 10.1 Å². The Morgan fingerprint density at radius 1 is 1.28 bits per heavy atom. The third kappa shape index (κ3) is 6.09. The second-order valence-corrected chi connectivity index (χ2v) is 11.4. The van der Waals surface area contributed by atoms with Crippen molar-refractivity contribution in [1.82, 2.24) is 10.2 Å². The highest BCUT2D eigenvalue weighted by atomic mass is 32.2. The van der Waals surface area contributed by atoms with Crippen molar-refractivity contribution in [1.29, 1.82) is 0 Å². The molecule has 2 aliphatic rings. The first kappa shape index (κ1) is 24.2. The zero-order chi connectivity index (χ0) is 23.5. The summed E-state index contributed by atoms with van der Waals surface area (Å²) in [4.78, 5) is 25.0. The molecular weight excluding hydrogens is 435 g/mol. The summed E-state index contributed by atoms with van der Waals surface area (Å²) in [5, 5.41) is 2.27. The number of imide groups is 1. The summed E-state index contributed by atoms with van der Waals surface area (Å²) < 4.78 is 44.6. The summed E-state index contributed by atoms with van der Waals surface area (Å²) >= 11 is 0. The van der Waals surface area contributed by atoms with Crippen LogP contribution in [0.2, 0.25) is 0 Å². The van der Waals surface area contributed by atoms with Crippen LogP contribution in [0, 0.1) is 11.7 Å². The smallest absolute Gasteiger partial charge is 0.325 e. The minimum absolute atomic E-state index is 0.0331. The van der Waals surface area contributed by atoms with Crippen LogP contribution in [0.5, 0.6) is 5.75 Å². The minimum atomic E-state index is -3.34. The first-order valence-electron chi connectivity index (χ1n) is 10.9. The van der Waals surface area contributed by atoms with Gasteiger partial charge in [-0.25, -0.2) is 17.6 Å². The van der Waals surface area contributed by atoms with Crippen LogP contribution in [-0.2, 0) is 14.6 Å². The zero-order valence-corrected chi connectivity index (χ0v) is 19.6. The number of rotatable bonds is 11. The average Bonchev–Trinajstić information content (AvgIpc) is 3.50. The number of sulfone groups is 1. The lowest BCUT2D eigenvalue weighted by Gasteiger charge is -2.26. The van der Waals surface area contributed by atoms with Gasteiger partial charge in [0.1, 0.15) is 5.54 Å². The molecule has 1 heterocycles. The lowest BCUT2D eigenvalue weighted by Crippen LogP contribution is -2.44. The van der Waals surface area contributed by atoms with Crippen LogP contribution < -0.4 is 10.1 Å². The Hall–Kier alpha value is -2.42. The molecular formula is C23H31FN2O5S. The summed E-state index contributed by atoms with van der Waals surface area (Å²) in [6.07, 6.45) is 5.91. The second kappa shape index (κ2) is 9.60. The van der Waals surface area contributed by atoms with Crippen LogP contribution in [0.3, 0.4) is 0 Å². The van der Waals surface area contributed by atoms with Crippen molar-refractivity contribution in [3.05, 3.63) is 41.7 Å². The standard InChI is InChI=1S/C23H31FN2O5S/c1-16(18-9-10-19(24)20(13-18)31-14-17-7-8-17)15-32(29,30)12-6-4-5-11-26-22(28)25-21(27)23(26,2)3/h4-5,9-10,13,16-17H,6-8,11-12,14-15H2,1-3H3,(H,25,27,28)/t16-/m0/s1. The SMILES string of the molecule is C[C@@H](CS(=O)(=O)CCC=CCN1C(=O)NC(=O)C1(C)C)c1ccc(F)c(OCC2CC2)c1. The van der Waals surface area contributed by atoms with Crippen molar-refractivity contribution < 1.29 is 27.1 Å². The maximum Gasteiger partial charge on any atom is 0.325 e. The molecule has 0 bridgehead atoms. The number of carbonyl (C=O) groups excluding carboxylic acids is 2. The van der Waals surface area contributed by atoms with Crippen molar-refractivity contribution in [2.75, 3.05) is 24.7 Å². The van der Waals surface area contributed by atoms with Crippen molar-refractivity contribution in [2.24, 2.45) is 5.92 Å². The quantitative estimate of drug-likeness (QED) is 0.399. The predicted molar refractivity (Wildman–Crippen MR) is 120 cm³/mol. The number of allylic oxidation sites excluding steroid dienone is 1. The van der Waals surface area contributed by atoms with E-state index < -0.39 is 27.2 Å². The molecule has 1 N–H and O–H groups in total. The topological polar surface area (TPSA) is 92.8 Å². The first-order chi connectivity index (χ1) is 15.0. The molecule has 9 heteroatoms. The lowest BCUT2D eigenvalue weighted by molar-refractivity contribution is -0.124. The van der Waals surface area contributed by atoms with E-state index in [2.05, 4.69) is 5.32 Å². The summed E-state index contributed by atoms with van der Waals surface area (Å²) in [7, 11) is -3.34. The van der Waals surface area contributed by atoms with Crippen LogP contribution in [0.15, 0.2) is 30.4 Å². The number of halogens is 1. The number of benzene rings is 1. The monoisotopic (exact) mass is 466 g/mol. The average molecular weight is 467 g/mol. The van der Waals surface area contributed by atoms with Crippen molar-refractivity contribution in [2.45, 2.75) is 51.5 Å². The Morgan fingerprint density at radius 3 is 2.62 bits per heavy atom. The summed E-state index contributed by atoms with van der Waals surface area (Å²) in [6, 6.07) is 4.07. The molecule has 176 valence electrons. The molecule has 7 nitrogen and oxygen atoms in total. The van der Waals surface area contributed by atoms with E-state index in [-0.39, 0.29) is 35.6 Å². The van der Waals surface area contributed by atoms with Gasteiger partial charge < -0.3 is 9.64 Å². The number of carbonyl (C=O) groups is 2. The highest BCUT2D eigenvalue weighted by Crippen LogP contribution is 2.31. The molecule has 1 saturated carbocycles. The molecule has 32 heavy (non-hydrogen) atoms. The van der Waals surface area contributed by atoms with Crippen molar-refractivity contribution in [3.63, 3.8) is 0 Å². The van der Waals surface area contributed by atoms with Gasteiger partial charge in [0.15, 0.2) is 21.4 Å². The normalized spacial score (nSPS) is 19.4. The third-order valence-electron chi connectivity index (χ3n) is 5.95. The van der Waals surface area contributed by atoms with E-state index in [1.165, 1.54) is 11.0 Å². The Balaban J connectivity index is 1.49. The van der Waals surface area contributed by atoms with Crippen molar-refractivity contribution >= 4 is 21.8 Å². The molecule has 0 unspecified atom stereocenters. The molecule has 1 atom stereocenters. The number of amides is 3. The minimum Gasteiger partial charge on any atom is -0.490 e. The fourth-order valence-corrected chi connectivity index (χ4v) is 5.16. The number of nitrogens with one attached hydrogen (secondary N) is 1. The fourth-order valence-electron chi connectivity index (χ4n) is 3.54. The zero-order valence-electron chi connectivity index (χ0n) is 18.8. The van der Waals surface area contributed by atoms with Crippen LogP contribution in [0.1, 0.15) is 51.5 Å². The molecule has 3 rings (SSSR count). The van der Waals surface area contributed by atoms with E-state index in [1.807, 2.05) is 0 Å². The van der Waals surface area contributed by atoms with E-state index in [1.54, 1.807) is 45.1 Å². The predicted octanol–water partition coefficient (Wildman–Crippen LogP) is 3.41. The van der Waals surface area contributed by atoms with Crippen LogP contribution in [0.4, 0.5) is 9.18 Å². The van der Waals surface area contributed by atoms with Gasteiger partial charge in [0, 0.05) is 6.54 Å². The number of nitrogens with zero attached hydrogens (tertiary/aromatic N) is 1. The van der Waals surface area contributed by atoms with Crippen LogP contribution >= 0.6 is 0 Å². The van der Waals surface area contributed by atoms with E-state index in [9.17, 15) is 22.4 Å². The highest BCUT2D eigenvalue weighted by molar-refractivity contribution is 7.91. The third-order valence-corrected chi connectivity index (χ3v) is 7.81. The van der Waals surface area contributed by atoms with Gasteiger partial charge in [0.25, 0.3) is 5.91 Å². The van der Waals surface area contributed by atoms with Crippen molar-refractivity contribution in [3.8, 4) is 5.75 Å². The molecule has 1 aromatic rings. The van der Waals surface area contributed by atoms with E-state index in [0.717, 1.165) is 18.4 Å². The maximum atomic E-state index is 14.0. The summed E-state index contributed by atoms with van der Waals surface area (Å²) in [6.45, 7) is 5.83. The van der Waals surface area contributed by atoms with Gasteiger partial charge in [-0.2, -0.15) is 0 Å².